The second kappa shape index (κ2) is 4.65. The fraction of sp³-hybridized carbons (Fsp3) is 0.588. The highest BCUT2D eigenvalue weighted by Crippen LogP contribution is 2.46. The highest BCUT2D eigenvalue weighted by Gasteiger charge is 2.38. The Balaban J connectivity index is 1.83. The van der Waals surface area contributed by atoms with Gasteiger partial charge in [0.05, 0.1) is 5.69 Å². The fourth-order valence-electron chi connectivity index (χ4n) is 4.15. The van der Waals surface area contributed by atoms with Crippen molar-refractivity contribution in [3.63, 3.8) is 0 Å². The van der Waals surface area contributed by atoms with E-state index in [2.05, 4.69) is 38.0 Å². The molecule has 0 aliphatic heterocycles. The van der Waals surface area contributed by atoms with E-state index in [9.17, 15) is 0 Å². The summed E-state index contributed by atoms with van der Waals surface area (Å²) < 4.78 is 5.79. The standard InChI is InChI=1S/C17H25N3O/c1-16(2)8-11(9-17(3,4)10-16)19-15-20-14-12(18)6-5-7-13(14)21-15/h5-7,11H,8-10,18H2,1-4H3,(H,19,20). The number of nitrogens with zero attached hydrogens (tertiary/aromatic N) is 1. The zero-order chi connectivity index (χ0) is 15.3. The lowest BCUT2D eigenvalue weighted by molar-refractivity contribution is 0.104. The molecule has 1 saturated carbocycles. The van der Waals surface area contributed by atoms with Crippen LogP contribution in [0.3, 0.4) is 0 Å². The molecule has 0 bridgehead atoms. The maximum atomic E-state index is 5.94. The van der Waals surface area contributed by atoms with Crippen molar-refractivity contribution in [3.8, 4) is 0 Å². The summed E-state index contributed by atoms with van der Waals surface area (Å²) in [6.07, 6.45) is 3.51. The van der Waals surface area contributed by atoms with Gasteiger partial charge in [-0.15, -0.1) is 0 Å². The lowest BCUT2D eigenvalue weighted by Gasteiger charge is -2.44. The molecule has 1 aromatic heterocycles. The predicted molar refractivity (Wildman–Crippen MR) is 87.2 cm³/mol. The summed E-state index contributed by atoms with van der Waals surface area (Å²) in [5, 5.41) is 3.48. The first-order valence-electron chi connectivity index (χ1n) is 7.66. The Hall–Kier alpha value is -1.71. The van der Waals surface area contributed by atoms with Crippen LogP contribution in [0.25, 0.3) is 11.1 Å². The van der Waals surface area contributed by atoms with E-state index < -0.39 is 0 Å². The minimum absolute atomic E-state index is 0.338. The maximum absolute atomic E-state index is 5.94. The van der Waals surface area contributed by atoms with Gasteiger partial charge in [-0.2, -0.15) is 4.98 Å². The van der Waals surface area contributed by atoms with Crippen molar-refractivity contribution in [2.75, 3.05) is 11.1 Å². The van der Waals surface area contributed by atoms with Crippen LogP contribution >= 0.6 is 0 Å². The molecule has 0 saturated heterocycles. The number of aromatic nitrogens is 1. The normalized spacial score (nSPS) is 21.5. The molecule has 1 heterocycles. The summed E-state index contributed by atoms with van der Waals surface area (Å²) in [6, 6.07) is 6.61. The van der Waals surface area contributed by atoms with Gasteiger partial charge in [0, 0.05) is 6.04 Å². The zero-order valence-corrected chi connectivity index (χ0v) is 13.4. The zero-order valence-electron chi connectivity index (χ0n) is 13.4. The number of oxazole rings is 1. The van der Waals surface area contributed by atoms with Crippen LogP contribution in [-0.2, 0) is 0 Å². The number of benzene rings is 1. The molecule has 0 amide bonds. The molecule has 0 spiro atoms. The molecular weight excluding hydrogens is 262 g/mol. The first-order valence-corrected chi connectivity index (χ1v) is 7.66. The minimum Gasteiger partial charge on any atom is -0.423 e. The number of para-hydroxylation sites is 1. The Morgan fingerprint density at radius 3 is 2.48 bits per heavy atom. The Bertz CT molecular complexity index is 641. The summed E-state index contributed by atoms with van der Waals surface area (Å²) in [4.78, 5) is 4.50. The predicted octanol–water partition coefficient (Wildman–Crippen LogP) is 4.43. The minimum atomic E-state index is 0.338. The lowest BCUT2D eigenvalue weighted by atomic mass is 9.63. The number of nitrogens with one attached hydrogen (secondary N) is 1. The first kappa shape index (κ1) is 14.2. The van der Waals surface area contributed by atoms with Crippen molar-refractivity contribution in [3.05, 3.63) is 18.2 Å². The summed E-state index contributed by atoms with van der Waals surface area (Å²) in [6.45, 7) is 9.36. The van der Waals surface area contributed by atoms with Crippen LogP contribution in [0.15, 0.2) is 22.6 Å². The summed E-state index contributed by atoms with van der Waals surface area (Å²) >= 11 is 0. The number of hydrogen-bond acceptors (Lipinski definition) is 4. The Morgan fingerprint density at radius 1 is 1.19 bits per heavy atom. The number of rotatable bonds is 2. The highest BCUT2D eigenvalue weighted by molar-refractivity contribution is 5.86. The fourth-order valence-corrected chi connectivity index (χ4v) is 4.15. The third kappa shape index (κ3) is 2.99. The molecule has 2 aromatic rings. The van der Waals surface area contributed by atoms with E-state index >= 15 is 0 Å². The van der Waals surface area contributed by atoms with Crippen molar-refractivity contribution in [2.24, 2.45) is 10.8 Å². The van der Waals surface area contributed by atoms with Crippen molar-refractivity contribution in [2.45, 2.75) is 53.0 Å². The Morgan fingerprint density at radius 2 is 1.86 bits per heavy atom. The lowest BCUT2D eigenvalue weighted by Crippen LogP contribution is -2.40. The highest BCUT2D eigenvalue weighted by atomic mass is 16.4. The first-order chi connectivity index (χ1) is 9.74. The van der Waals surface area contributed by atoms with Gasteiger partial charge in [-0.05, 0) is 42.2 Å². The molecule has 3 N–H and O–H groups in total. The van der Waals surface area contributed by atoms with Crippen LogP contribution in [0.5, 0.6) is 0 Å². The van der Waals surface area contributed by atoms with E-state index in [1.807, 2.05) is 18.2 Å². The van der Waals surface area contributed by atoms with Gasteiger partial charge in [0.15, 0.2) is 5.58 Å². The second-order valence-corrected chi connectivity index (χ2v) is 7.97. The van der Waals surface area contributed by atoms with E-state index in [0.29, 0.717) is 28.6 Å². The summed E-state index contributed by atoms with van der Waals surface area (Å²) in [5.41, 5.74) is 8.76. The molecule has 1 aromatic carbocycles. The molecule has 3 rings (SSSR count). The van der Waals surface area contributed by atoms with Gasteiger partial charge in [0.25, 0.3) is 6.01 Å². The molecule has 1 aliphatic carbocycles. The van der Waals surface area contributed by atoms with Crippen molar-refractivity contribution in [1.29, 1.82) is 0 Å². The van der Waals surface area contributed by atoms with E-state index in [-0.39, 0.29) is 0 Å². The van der Waals surface area contributed by atoms with Crippen LogP contribution in [0.4, 0.5) is 11.7 Å². The van der Waals surface area contributed by atoms with Gasteiger partial charge < -0.3 is 15.5 Å². The monoisotopic (exact) mass is 287 g/mol. The van der Waals surface area contributed by atoms with E-state index in [1.165, 1.54) is 6.42 Å². The second-order valence-electron chi connectivity index (χ2n) is 7.97. The third-order valence-electron chi connectivity index (χ3n) is 4.33. The smallest absolute Gasteiger partial charge is 0.295 e. The Labute approximate surface area is 126 Å². The molecule has 1 aliphatic rings. The van der Waals surface area contributed by atoms with E-state index in [1.54, 1.807) is 0 Å². The van der Waals surface area contributed by atoms with E-state index in [0.717, 1.165) is 23.9 Å². The van der Waals surface area contributed by atoms with Gasteiger partial charge >= 0.3 is 0 Å². The van der Waals surface area contributed by atoms with Crippen LogP contribution in [-0.4, -0.2) is 11.0 Å². The van der Waals surface area contributed by atoms with Crippen molar-refractivity contribution < 1.29 is 4.42 Å². The molecule has 0 atom stereocenters. The van der Waals surface area contributed by atoms with Crippen molar-refractivity contribution >= 4 is 22.8 Å². The number of fused-ring (bicyclic) bond motifs is 1. The Kier molecular flexibility index (Phi) is 3.15. The number of anilines is 2. The number of hydrogen-bond donors (Lipinski definition) is 2. The van der Waals surface area contributed by atoms with Gasteiger partial charge in [-0.25, -0.2) is 0 Å². The number of nitrogens with two attached hydrogens (primary N) is 1. The quantitative estimate of drug-likeness (QED) is 0.802. The van der Waals surface area contributed by atoms with Gasteiger partial charge in [0.2, 0.25) is 0 Å². The molecule has 114 valence electrons. The number of nitrogen functional groups attached to an aromatic ring is 1. The summed E-state index contributed by atoms with van der Waals surface area (Å²) in [7, 11) is 0. The van der Waals surface area contributed by atoms with Gasteiger partial charge in [-0.3, -0.25) is 0 Å². The average Bonchev–Trinajstić information content (AvgIpc) is 2.68. The topological polar surface area (TPSA) is 64.1 Å². The maximum Gasteiger partial charge on any atom is 0.295 e. The summed E-state index contributed by atoms with van der Waals surface area (Å²) in [5.74, 6) is 0. The van der Waals surface area contributed by atoms with Crippen LogP contribution in [0.2, 0.25) is 0 Å². The van der Waals surface area contributed by atoms with Crippen LogP contribution in [0.1, 0.15) is 47.0 Å². The third-order valence-corrected chi connectivity index (χ3v) is 4.33. The largest absolute Gasteiger partial charge is 0.423 e. The molecule has 21 heavy (non-hydrogen) atoms. The SMILES string of the molecule is CC1(C)CC(Nc2nc3c(N)cccc3o2)CC(C)(C)C1. The average molecular weight is 287 g/mol. The molecule has 4 heteroatoms. The molecule has 0 unspecified atom stereocenters. The van der Waals surface area contributed by atoms with Crippen LogP contribution in [0, 0.1) is 10.8 Å². The van der Waals surface area contributed by atoms with Gasteiger partial charge in [0.1, 0.15) is 5.52 Å². The molecular formula is C17H25N3O. The van der Waals surface area contributed by atoms with E-state index in [4.69, 9.17) is 10.2 Å². The molecule has 4 nitrogen and oxygen atoms in total. The van der Waals surface area contributed by atoms with Gasteiger partial charge in [-0.1, -0.05) is 33.8 Å². The molecule has 1 fully saturated rings. The van der Waals surface area contributed by atoms with Crippen LogP contribution < -0.4 is 11.1 Å². The van der Waals surface area contributed by atoms with Crippen molar-refractivity contribution in [1.82, 2.24) is 4.98 Å². The molecule has 0 radical (unpaired) electrons.